The van der Waals surface area contributed by atoms with Crippen LogP contribution in [0.25, 0.3) is 0 Å². The van der Waals surface area contributed by atoms with Gasteiger partial charge in [0.15, 0.2) is 24.4 Å². The lowest BCUT2D eigenvalue weighted by molar-refractivity contribution is -0.366. The lowest BCUT2D eigenvalue weighted by atomic mass is 9.85. The second kappa shape index (κ2) is 46.5. The Morgan fingerprint density at radius 2 is 0.819 bits per heavy atom. The Morgan fingerprint density at radius 1 is 0.425 bits per heavy atom. The van der Waals surface area contributed by atoms with Crippen molar-refractivity contribution in [3.05, 3.63) is 221 Å². The molecule has 4 aromatic carbocycles. The number of ketones is 1. The minimum Gasteiger partial charge on any atom is -0.456 e. The smallest absolute Gasteiger partial charge is 0.303 e. The Kier molecular flexibility index (Phi) is 38.5. The normalized spacial score (nSPS) is 27.9. The lowest BCUT2D eigenvalue weighted by Crippen LogP contribution is -2.66. The maximum absolute atomic E-state index is 13.3. The maximum atomic E-state index is 13.3. The molecule has 4 aliphatic heterocycles. The molecule has 0 amide bonds. The van der Waals surface area contributed by atoms with E-state index in [0.717, 1.165) is 25.6 Å². The van der Waals surface area contributed by atoms with Crippen LogP contribution in [0.5, 0.6) is 0 Å². The summed E-state index contributed by atoms with van der Waals surface area (Å²) in [5, 5.41) is 103. The van der Waals surface area contributed by atoms with Crippen LogP contribution in [0.15, 0.2) is 136 Å². The first-order valence-corrected chi connectivity index (χ1v) is 46.7. The predicted octanol–water partition coefficient (Wildman–Crippen LogP) is 13.2. The van der Waals surface area contributed by atoms with E-state index in [1.807, 2.05) is 24.3 Å². The molecular weight excluding hydrogens is 2090 g/mol. The predicted molar refractivity (Wildman–Crippen MR) is 481 cm³/mol. The molecule has 8 heterocycles. The first-order chi connectivity index (χ1) is 60.0. The molecule has 12 rings (SSSR count). The highest BCUT2D eigenvalue weighted by Crippen LogP contribution is 2.50. The quantitative estimate of drug-likeness (QED) is 0.0144. The molecule has 4 aromatic heterocycles. The Bertz CT molecular complexity index is 5150. The number of hydrogen-bond donors (Lipinski definition) is 10. The van der Waals surface area contributed by atoms with E-state index in [1.165, 1.54) is 127 Å². The third-order valence-electron chi connectivity index (χ3n) is 20.6. The number of benzene rings is 4. The zero-order valence-electron chi connectivity index (χ0n) is 69.3. The minimum absolute atomic E-state index is 0.161. The molecule has 0 radical (unpaired) electrons. The third kappa shape index (κ3) is 24.6. The number of aliphatic hydroxyl groups excluding tert-OH is 10. The van der Waals surface area contributed by atoms with Gasteiger partial charge in [0.05, 0.1) is 38.3 Å². The van der Waals surface area contributed by atoms with Gasteiger partial charge in [-0.05, 0) is 179 Å². The molecular formula is C85H92Br4Cl4O30S4. The van der Waals surface area contributed by atoms with E-state index in [-0.39, 0.29) is 37.5 Å². The topological polar surface area (TPSA) is 442 Å². The van der Waals surface area contributed by atoms with Crippen molar-refractivity contribution in [3.8, 4) is 0 Å². The molecule has 0 saturated carbocycles. The van der Waals surface area contributed by atoms with Crippen molar-refractivity contribution >= 4 is 197 Å². The van der Waals surface area contributed by atoms with Gasteiger partial charge in [0, 0.05) is 132 Å². The number of thiophene rings is 4. The van der Waals surface area contributed by atoms with Gasteiger partial charge in [-0.3, -0.25) is 33.6 Å². The number of carbonyl (C=O) groups excluding carboxylic acids is 7. The van der Waals surface area contributed by atoms with Crippen LogP contribution >= 0.6 is 155 Å². The van der Waals surface area contributed by atoms with Crippen LogP contribution in [-0.4, -0.2) is 225 Å². The summed E-state index contributed by atoms with van der Waals surface area (Å²) in [6, 6.07) is 33.6. The van der Waals surface area contributed by atoms with Crippen LogP contribution in [0.1, 0.15) is 155 Å². The van der Waals surface area contributed by atoms with E-state index in [0.29, 0.717) is 61.2 Å². The maximum Gasteiger partial charge on any atom is 0.303 e. The molecule has 4 aliphatic rings. The first-order valence-electron chi connectivity index (χ1n) is 38.8. The van der Waals surface area contributed by atoms with Crippen LogP contribution in [0, 0.1) is 0 Å². The van der Waals surface area contributed by atoms with Crippen molar-refractivity contribution in [3.63, 3.8) is 0 Å². The van der Waals surface area contributed by atoms with Crippen molar-refractivity contribution in [2.45, 2.75) is 208 Å². The largest absolute Gasteiger partial charge is 0.456 e. The van der Waals surface area contributed by atoms with E-state index in [2.05, 4.69) is 63.7 Å². The number of ether oxygens (including phenoxy) is 13. The highest BCUT2D eigenvalue weighted by atomic mass is 79.9. The molecule has 4 fully saturated rings. The highest BCUT2D eigenvalue weighted by molar-refractivity contribution is 9.11. The number of esters is 6. The zero-order chi connectivity index (χ0) is 93.8. The van der Waals surface area contributed by atoms with Crippen molar-refractivity contribution in [1.29, 1.82) is 0 Å². The number of carbonyl (C=O) groups is 7. The molecule has 692 valence electrons. The van der Waals surface area contributed by atoms with Gasteiger partial charge in [-0.1, -0.05) is 90.6 Å². The van der Waals surface area contributed by atoms with E-state index >= 15 is 0 Å². The third-order valence-corrected chi connectivity index (χ3v) is 28.6. The van der Waals surface area contributed by atoms with Gasteiger partial charge in [0.25, 0.3) is 0 Å². The standard InChI is InChI=1S/C25H28BrClO9S.C25H26BrClO9S.C18H20BrClO7S.C17H18BrClO5S/c2*1-6-18-22(33-12(2)28)23(34-13(3)29)24(35-14(4)30)25(32-5,36-18)15-7-8-17(27)16(11-15)21(31)19-9-10-20(26)37-19;1-26-18(17(25)16(24)15(23)11(7-21)27-18)8-2-3-10(20)9(6-8)14(22)12-4-5-13(19)28-12;18-13-4-2-10(25-13)6-9-5-8(1-3-11(9)19)17-16(23)15(22)14(21)12(7-20)24-17/h7-11,18,21-24,31H,6H2,1-5H3;7-11,18,22-24H,6H2,1-5H3;2-6,11,14-17,21-25H,7H2,1H3;1-5,12,14-17,20-23H,6-7H2/t18-,21?,22-,23+,24-,25?;18-,22-,23+,24-,25?;11-,14?,15-,16+,17-,18?;12-,14-,15+,16-,17?/m1111/s1. The molecule has 4 saturated heterocycles. The second-order valence-electron chi connectivity index (χ2n) is 29.0. The Morgan fingerprint density at radius 3 is 1.22 bits per heavy atom. The van der Waals surface area contributed by atoms with E-state index in [9.17, 15) is 84.6 Å². The number of aliphatic hydroxyl groups is 10. The van der Waals surface area contributed by atoms with Gasteiger partial charge < -0.3 is 113 Å². The Hall–Kier alpha value is -5.43. The summed E-state index contributed by atoms with van der Waals surface area (Å²) >= 11 is 44.5. The molecule has 8 aromatic rings. The fraction of sp³-hybridized carbons (Fsp3) is 0.447. The minimum atomic E-state index is -1.87. The molecule has 0 spiro atoms. The van der Waals surface area contributed by atoms with Crippen LogP contribution < -0.4 is 0 Å². The van der Waals surface area contributed by atoms with Gasteiger partial charge in [0.2, 0.25) is 35.4 Å². The fourth-order valence-corrected chi connectivity index (χ4v) is 21.3. The van der Waals surface area contributed by atoms with Gasteiger partial charge in [-0.25, -0.2) is 0 Å². The van der Waals surface area contributed by atoms with Crippen LogP contribution in [0.4, 0.5) is 0 Å². The van der Waals surface area contributed by atoms with Gasteiger partial charge in [0.1, 0.15) is 79.4 Å². The number of halogens is 8. The molecule has 22 atom stereocenters. The molecule has 0 aliphatic carbocycles. The van der Waals surface area contributed by atoms with Crippen LogP contribution in [0.2, 0.25) is 20.1 Å². The SMILES string of the molecule is CC[C@H]1OC(OC)(c2ccc(Cl)c(C(=O)c3ccc(Br)s3)c2)[C@H](OC(C)=O)[C@@H](OC(C)=O)[C@@H]1OC(C)=O.CC[C@H]1OC(OC)(c2ccc(Cl)c(C(O)c3ccc(Br)s3)c2)[C@H](OC(C)=O)[C@@H](OC(C)=O)[C@@H]1OC(C)=O.COC1(c2ccc(Cl)c(C(O)c3ccc(Br)s3)c2)O[C@H](CO)[C@@H](O)[C@H](O)[C@H]1O.OC[C@H]1OC(c2ccc(Cl)c(Cc3ccc(Br)s3)c2)[C@H](O)[C@@H](O)[C@@H]1O. The van der Waals surface area contributed by atoms with Crippen LogP contribution in [-0.2, 0) is 114 Å². The summed E-state index contributed by atoms with van der Waals surface area (Å²) in [7, 11) is 3.94. The Labute approximate surface area is 799 Å². The lowest BCUT2D eigenvalue weighted by Gasteiger charge is -2.50. The monoisotopic (exact) mass is 2180 g/mol. The average Bonchev–Trinajstić information content (AvgIpc) is 1.20. The molecule has 42 heteroatoms. The number of hydrogen-bond acceptors (Lipinski definition) is 34. The summed E-state index contributed by atoms with van der Waals surface area (Å²) in [6.07, 6.45) is -21.8. The average molecular weight is 2180 g/mol. The van der Waals surface area contributed by atoms with Gasteiger partial charge in [-0.2, -0.15) is 0 Å². The van der Waals surface area contributed by atoms with Crippen molar-refractivity contribution in [2.75, 3.05) is 34.5 Å². The molecule has 30 nitrogen and oxygen atoms in total. The van der Waals surface area contributed by atoms with Crippen molar-refractivity contribution < 1.29 is 146 Å². The van der Waals surface area contributed by atoms with E-state index in [4.69, 9.17) is 108 Å². The molecule has 127 heavy (non-hydrogen) atoms. The number of methoxy groups -OCH3 is 3. The summed E-state index contributed by atoms with van der Waals surface area (Å²) < 4.78 is 78.0. The van der Waals surface area contributed by atoms with Gasteiger partial charge in [-0.15, -0.1) is 45.3 Å². The van der Waals surface area contributed by atoms with Crippen molar-refractivity contribution in [1.82, 2.24) is 0 Å². The van der Waals surface area contributed by atoms with Crippen molar-refractivity contribution in [2.24, 2.45) is 0 Å². The highest BCUT2D eigenvalue weighted by Gasteiger charge is 2.63. The summed E-state index contributed by atoms with van der Waals surface area (Å²) in [5.41, 5.74) is 3.25. The summed E-state index contributed by atoms with van der Waals surface area (Å²) in [6.45, 7) is 9.67. The fourth-order valence-electron chi connectivity index (χ4n) is 14.8. The zero-order valence-corrected chi connectivity index (χ0v) is 82.0. The van der Waals surface area contributed by atoms with E-state index < -0.39 is 182 Å². The van der Waals surface area contributed by atoms with Crippen LogP contribution in [0.3, 0.4) is 0 Å². The van der Waals surface area contributed by atoms with Gasteiger partial charge >= 0.3 is 35.8 Å². The summed E-state index contributed by atoms with van der Waals surface area (Å²) in [4.78, 5) is 88.6. The first kappa shape index (κ1) is 105. The summed E-state index contributed by atoms with van der Waals surface area (Å²) in [5.74, 6) is -9.95. The second-order valence-corrected chi connectivity index (χ2v) is 40.7. The molecule has 6 unspecified atom stereocenters. The molecule has 0 bridgehead atoms. The van der Waals surface area contributed by atoms with E-state index in [1.54, 1.807) is 91.9 Å². The molecule has 10 N–H and O–H groups in total. The Balaban J connectivity index is 0.000000194. The number of rotatable bonds is 25.